The van der Waals surface area contributed by atoms with Gasteiger partial charge >= 0.3 is 0 Å². The van der Waals surface area contributed by atoms with Crippen molar-refractivity contribution in [2.75, 3.05) is 6.54 Å². The van der Waals surface area contributed by atoms with E-state index in [1.807, 2.05) is 24.3 Å². The molecular weight excluding hydrogens is 328 g/mol. The molecule has 1 aliphatic rings. The Kier molecular flexibility index (Phi) is 5.00. The van der Waals surface area contributed by atoms with Gasteiger partial charge in [0.25, 0.3) is 11.1 Å². The van der Waals surface area contributed by atoms with Crippen molar-refractivity contribution in [1.29, 1.82) is 0 Å². The number of rotatable bonds is 6. The van der Waals surface area contributed by atoms with Gasteiger partial charge in [0.1, 0.15) is 0 Å². The Bertz CT molecular complexity index is 740. The van der Waals surface area contributed by atoms with Crippen LogP contribution in [0.3, 0.4) is 0 Å². The molecule has 0 aliphatic carbocycles. The minimum absolute atomic E-state index is 0.227. The Hall–Kier alpha value is -2.54. The highest BCUT2D eigenvalue weighted by Crippen LogP contribution is 2.23. The van der Waals surface area contributed by atoms with Crippen molar-refractivity contribution in [3.05, 3.63) is 59.5 Å². The van der Waals surface area contributed by atoms with Gasteiger partial charge in [0.15, 0.2) is 5.76 Å². The lowest BCUT2D eigenvalue weighted by Crippen LogP contribution is -2.25. The summed E-state index contributed by atoms with van der Waals surface area (Å²) in [6, 6.07) is 11.1. The maximum Gasteiger partial charge on any atom is 0.286 e. The summed E-state index contributed by atoms with van der Waals surface area (Å²) in [5, 5.41) is 4.44. The first kappa shape index (κ1) is 16.3. The highest BCUT2D eigenvalue weighted by molar-refractivity contribution is 8.15. The van der Waals surface area contributed by atoms with Gasteiger partial charge in [0.2, 0.25) is 5.91 Å². The zero-order valence-electron chi connectivity index (χ0n) is 12.8. The summed E-state index contributed by atoms with van der Waals surface area (Å²) in [4.78, 5) is 34.4. The topological polar surface area (TPSA) is 88.4 Å². The molecule has 0 radical (unpaired) electrons. The lowest BCUT2D eigenvalue weighted by atomic mass is 10.1. The smallest absolute Gasteiger partial charge is 0.286 e. The Morgan fingerprint density at radius 2 is 1.92 bits per heavy atom. The van der Waals surface area contributed by atoms with Crippen LogP contribution in [0.4, 0.5) is 4.79 Å². The Labute approximate surface area is 143 Å². The van der Waals surface area contributed by atoms with Crippen LogP contribution in [0.25, 0.3) is 0 Å². The summed E-state index contributed by atoms with van der Waals surface area (Å²) in [5.74, 6) is -0.160. The van der Waals surface area contributed by atoms with Gasteiger partial charge in [-0.15, -0.1) is 0 Å². The Balaban J connectivity index is 1.47. The van der Waals surface area contributed by atoms with E-state index < -0.39 is 0 Å². The Morgan fingerprint density at radius 3 is 2.54 bits per heavy atom. The predicted molar refractivity (Wildman–Crippen MR) is 89.8 cm³/mol. The van der Waals surface area contributed by atoms with Crippen LogP contribution in [0.5, 0.6) is 0 Å². The van der Waals surface area contributed by atoms with E-state index in [-0.39, 0.29) is 22.3 Å². The van der Waals surface area contributed by atoms with Gasteiger partial charge in [0.05, 0.1) is 11.5 Å². The van der Waals surface area contributed by atoms with Gasteiger partial charge in [0, 0.05) is 6.54 Å². The fraction of sp³-hybridized carbons (Fsp3) is 0.235. The number of benzene rings is 1. The van der Waals surface area contributed by atoms with E-state index in [4.69, 9.17) is 4.42 Å². The quantitative estimate of drug-likeness (QED) is 0.838. The number of imide groups is 1. The molecule has 2 N–H and O–H groups in total. The second-order valence-electron chi connectivity index (χ2n) is 5.39. The molecule has 1 aliphatic heterocycles. The van der Waals surface area contributed by atoms with Crippen molar-refractivity contribution in [2.45, 2.75) is 18.1 Å². The van der Waals surface area contributed by atoms with E-state index in [2.05, 4.69) is 10.6 Å². The number of thioether (sulfide) groups is 1. The molecule has 24 heavy (non-hydrogen) atoms. The molecular formula is C17H16N2O4S. The molecule has 0 spiro atoms. The number of nitrogens with one attached hydrogen (secondary N) is 2. The van der Waals surface area contributed by atoms with Gasteiger partial charge in [-0.25, -0.2) is 0 Å². The van der Waals surface area contributed by atoms with Crippen LogP contribution in [-0.4, -0.2) is 28.8 Å². The molecule has 0 unspecified atom stereocenters. The van der Waals surface area contributed by atoms with Crippen LogP contribution < -0.4 is 10.6 Å². The number of carbonyl (C=O) groups is 3. The molecule has 1 aromatic heterocycles. The van der Waals surface area contributed by atoms with Crippen molar-refractivity contribution < 1.29 is 18.8 Å². The molecule has 1 fully saturated rings. The average molecular weight is 344 g/mol. The van der Waals surface area contributed by atoms with Crippen molar-refractivity contribution >= 4 is 28.8 Å². The summed E-state index contributed by atoms with van der Waals surface area (Å²) in [7, 11) is 0. The predicted octanol–water partition coefficient (Wildman–Crippen LogP) is 2.15. The zero-order valence-corrected chi connectivity index (χ0v) is 13.6. The van der Waals surface area contributed by atoms with Gasteiger partial charge in [-0.2, -0.15) is 0 Å². The summed E-state index contributed by atoms with van der Waals surface area (Å²) in [6.07, 6.45) is 2.69. The first-order valence-corrected chi connectivity index (χ1v) is 8.41. The molecule has 0 bridgehead atoms. The third kappa shape index (κ3) is 4.05. The van der Waals surface area contributed by atoms with Crippen LogP contribution in [0.1, 0.15) is 21.7 Å². The first-order valence-electron chi connectivity index (χ1n) is 7.53. The van der Waals surface area contributed by atoms with Crippen LogP contribution in [0.2, 0.25) is 0 Å². The van der Waals surface area contributed by atoms with Gasteiger partial charge in [-0.3, -0.25) is 19.7 Å². The molecule has 2 heterocycles. The minimum atomic E-state index is -0.351. The molecule has 7 heteroatoms. The maximum atomic E-state index is 11.7. The SMILES string of the molecule is O=C1NC(=O)[C@H](Cc2ccc(CCNC(=O)c3ccco3)cc2)S1. The molecule has 2 aromatic rings. The second kappa shape index (κ2) is 7.35. The van der Waals surface area contributed by atoms with E-state index in [0.29, 0.717) is 25.1 Å². The first-order chi connectivity index (χ1) is 11.6. The number of furan rings is 1. The molecule has 1 aromatic carbocycles. The highest BCUT2D eigenvalue weighted by Gasteiger charge is 2.31. The van der Waals surface area contributed by atoms with Crippen molar-refractivity contribution in [2.24, 2.45) is 0 Å². The van der Waals surface area contributed by atoms with Crippen LogP contribution in [0.15, 0.2) is 47.1 Å². The minimum Gasteiger partial charge on any atom is -0.459 e. The molecule has 3 rings (SSSR count). The molecule has 3 amide bonds. The molecule has 1 atom stereocenters. The summed E-state index contributed by atoms with van der Waals surface area (Å²) in [6.45, 7) is 0.508. The van der Waals surface area contributed by atoms with Gasteiger partial charge < -0.3 is 9.73 Å². The van der Waals surface area contributed by atoms with E-state index in [0.717, 1.165) is 22.9 Å². The van der Waals surface area contributed by atoms with E-state index >= 15 is 0 Å². The summed E-state index contributed by atoms with van der Waals surface area (Å²) < 4.78 is 5.02. The largest absolute Gasteiger partial charge is 0.459 e. The molecule has 1 saturated heterocycles. The van der Waals surface area contributed by atoms with Crippen molar-refractivity contribution in [1.82, 2.24) is 10.6 Å². The van der Waals surface area contributed by atoms with Gasteiger partial charge in [-0.1, -0.05) is 36.0 Å². The summed E-state index contributed by atoms with van der Waals surface area (Å²) in [5.41, 5.74) is 2.08. The van der Waals surface area contributed by atoms with Gasteiger partial charge in [-0.05, 0) is 36.1 Å². The summed E-state index contributed by atoms with van der Waals surface area (Å²) >= 11 is 1.03. The third-order valence-corrected chi connectivity index (χ3v) is 4.64. The van der Waals surface area contributed by atoms with Crippen molar-refractivity contribution in [3.63, 3.8) is 0 Å². The number of carbonyl (C=O) groups excluding carboxylic acids is 3. The Morgan fingerprint density at radius 1 is 1.17 bits per heavy atom. The average Bonchev–Trinajstić information content (AvgIpc) is 3.19. The monoisotopic (exact) mass is 344 g/mol. The normalized spacial score (nSPS) is 16.9. The van der Waals surface area contributed by atoms with Crippen molar-refractivity contribution in [3.8, 4) is 0 Å². The van der Waals surface area contributed by atoms with Crippen LogP contribution >= 0.6 is 11.8 Å². The lowest BCUT2D eigenvalue weighted by Gasteiger charge is -2.07. The number of hydrogen-bond acceptors (Lipinski definition) is 5. The highest BCUT2D eigenvalue weighted by atomic mass is 32.2. The molecule has 0 saturated carbocycles. The third-order valence-electron chi connectivity index (χ3n) is 3.66. The van der Waals surface area contributed by atoms with E-state index in [1.54, 1.807) is 12.1 Å². The number of hydrogen-bond donors (Lipinski definition) is 2. The lowest BCUT2D eigenvalue weighted by molar-refractivity contribution is -0.118. The van der Waals surface area contributed by atoms with Crippen LogP contribution in [0, 0.1) is 0 Å². The number of amides is 3. The fourth-order valence-electron chi connectivity index (χ4n) is 2.40. The zero-order chi connectivity index (χ0) is 16.9. The molecule has 124 valence electrons. The van der Waals surface area contributed by atoms with E-state index in [9.17, 15) is 14.4 Å². The maximum absolute atomic E-state index is 11.7. The molecule has 6 nitrogen and oxygen atoms in total. The van der Waals surface area contributed by atoms with E-state index in [1.165, 1.54) is 6.26 Å². The van der Waals surface area contributed by atoms with Crippen LogP contribution in [-0.2, 0) is 17.6 Å². The standard InChI is InChI=1S/C17H16N2O4S/c20-15(13-2-1-9-23-13)18-8-7-11-3-5-12(6-4-11)10-14-16(21)19-17(22)24-14/h1-6,9,14H,7-8,10H2,(H,18,20)(H,19,21,22)/t14-/m0/s1. The fourth-order valence-corrected chi connectivity index (χ4v) is 3.26. The second-order valence-corrected chi connectivity index (χ2v) is 6.56.